The van der Waals surface area contributed by atoms with Gasteiger partial charge in [-0.15, -0.1) is 0 Å². The van der Waals surface area contributed by atoms with E-state index in [1.54, 1.807) is 6.26 Å². The van der Waals surface area contributed by atoms with E-state index < -0.39 is 0 Å². The Morgan fingerprint density at radius 2 is 2.38 bits per heavy atom. The predicted octanol–water partition coefficient (Wildman–Crippen LogP) is 1.46. The second-order valence-corrected chi connectivity index (χ2v) is 2.81. The van der Waals surface area contributed by atoms with E-state index in [4.69, 9.17) is 4.74 Å². The van der Waals surface area contributed by atoms with Crippen LogP contribution < -0.4 is 5.32 Å². The van der Waals surface area contributed by atoms with Crippen LogP contribution in [0.1, 0.15) is 13.3 Å². The summed E-state index contributed by atoms with van der Waals surface area (Å²) in [5.74, 6) is 5.93. The van der Waals surface area contributed by atoms with Crippen molar-refractivity contribution in [2.75, 3.05) is 13.1 Å². The molecule has 2 nitrogen and oxygen atoms in total. The Bertz CT molecular complexity index is 245. The van der Waals surface area contributed by atoms with Crippen LogP contribution in [-0.2, 0) is 4.74 Å². The number of nitrogens with one attached hydrogen (secondary N) is 1. The molecule has 0 aromatic rings. The maximum Gasteiger partial charge on any atom is 0.170 e. The lowest BCUT2D eigenvalue weighted by Crippen LogP contribution is -2.27. The van der Waals surface area contributed by atoms with Gasteiger partial charge in [-0.25, -0.2) is 0 Å². The first kappa shape index (κ1) is 9.88. The van der Waals surface area contributed by atoms with Gasteiger partial charge < -0.3 is 10.1 Å². The van der Waals surface area contributed by atoms with Crippen molar-refractivity contribution in [3.8, 4) is 11.8 Å². The fraction of sp³-hybridized carbons (Fsp3) is 0.455. The molecular weight excluding hydrogens is 162 g/mol. The topological polar surface area (TPSA) is 21.3 Å². The lowest BCUT2D eigenvalue weighted by molar-refractivity contribution is 0.192. The van der Waals surface area contributed by atoms with Crippen LogP contribution in [0.3, 0.4) is 0 Å². The van der Waals surface area contributed by atoms with Crippen molar-refractivity contribution in [1.29, 1.82) is 0 Å². The number of hydrogen-bond acceptors (Lipinski definition) is 2. The Morgan fingerprint density at radius 1 is 1.46 bits per heavy atom. The molecule has 1 N–H and O–H groups in total. The molecule has 2 heteroatoms. The van der Waals surface area contributed by atoms with Gasteiger partial charge in [-0.2, -0.15) is 0 Å². The molecule has 1 atom stereocenters. The standard InChI is InChI=1S/C11H15NO/c1-2-8-12-10-11-7-5-3-4-6-9-13-11/h3-4,6,9,11-12H,2,8,10H2,1H3/b4-3-,9-6-. The highest BCUT2D eigenvalue weighted by Gasteiger charge is 2.02. The fourth-order valence-corrected chi connectivity index (χ4v) is 0.973. The van der Waals surface area contributed by atoms with Gasteiger partial charge >= 0.3 is 0 Å². The molecule has 1 aliphatic rings. The Hall–Kier alpha value is -1.20. The number of hydrogen-bond donors (Lipinski definition) is 1. The highest BCUT2D eigenvalue weighted by atomic mass is 16.5. The van der Waals surface area contributed by atoms with Gasteiger partial charge in [-0.3, -0.25) is 0 Å². The van der Waals surface area contributed by atoms with E-state index in [2.05, 4.69) is 24.1 Å². The predicted molar refractivity (Wildman–Crippen MR) is 54.1 cm³/mol. The highest BCUT2D eigenvalue weighted by molar-refractivity contribution is 5.23. The average Bonchev–Trinajstić information content (AvgIpc) is 2.08. The van der Waals surface area contributed by atoms with E-state index in [1.165, 1.54) is 0 Å². The number of rotatable bonds is 4. The van der Waals surface area contributed by atoms with Crippen molar-refractivity contribution < 1.29 is 4.74 Å². The molecule has 1 heterocycles. The summed E-state index contributed by atoms with van der Waals surface area (Å²) in [6.45, 7) is 3.94. The summed E-state index contributed by atoms with van der Waals surface area (Å²) < 4.78 is 5.36. The van der Waals surface area contributed by atoms with Crippen molar-refractivity contribution in [2.24, 2.45) is 0 Å². The van der Waals surface area contributed by atoms with Crippen molar-refractivity contribution in [3.63, 3.8) is 0 Å². The smallest absolute Gasteiger partial charge is 0.170 e. The Labute approximate surface area is 79.7 Å². The lowest BCUT2D eigenvalue weighted by atomic mass is 10.3. The van der Waals surface area contributed by atoms with Gasteiger partial charge in [0, 0.05) is 6.54 Å². The monoisotopic (exact) mass is 177 g/mol. The zero-order valence-electron chi connectivity index (χ0n) is 7.92. The zero-order chi connectivity index (χ0) is 9.36. The van der Waals surface area contributed by atoms with Gasteiger partial charge in [0.15, 0.2) is 6.10 Å². The van der Waals surface area contributed by atoms with E-state index in [1.807, 2.05) is 18.2 Å². The normalized spacial score (nSPS) is 24.5. The van der Waals surface area contributed by atoms with E-state index in [0.29, 0.717) is 0 Å². The molecule has 0 saturated carbocycles. The van der Waals surface area contributed by atoms with Crippen LogP contribution in [0.4, 0.5) is 0 Å². The average molecular weight is 177 g/mol. The summed E-state index contributed by atoms with van der Waals surface area (Å²) in [6.07, 6.45) is 8.33. The van der Waals surface area contributed by atoms with Crippen LogP contribution in [0.5, 0.6) is 0 Å². The minimum absolute atomic E-state index is 0.0206. The van der Waals surface area contributed by atoms with Gasteiger partial charge in [-0.05, 0) is 25.1 Å². The molecule has 0 aliphatic carbocycles. The van der Waals surface area contributed by atoms with Gasteiger partial charge in [0.05, 0.1) is 6.26 Å². The molecule has 1 aliphatic heterocycles. The van der Waals surface area contributed by atoms with Crippen molar-refractivity contribution >= 4 is 0 Å². The maximum absolute atomic E-state index is 5.36. The molecule has 13 heavy (non-hydrogen) atoms. The van der Waals surface area contributed by atoms with E-state index in [9.17, 15) is 0 Å². The van der Waals surface area contributed by atoms with Crippen LogP contribution in [0.15, 0.2) is 24.5 Å². The van der Waals surface area contributed by atoms with E-state index in [0.717, 1.165) is 19.5 Å². The summed E-state index contributed by atoms with van der Waals surface area (Å²) >= 11 is 0. The highest BCUT2D eigenvalue weighted by Crippen LogP contribution is 1.93. The first-order valence-electron chi connectivity index (χ1n) is 4.62. The van der Waals surface area contributed by atoms with E-state index >= 15 is 0 Å². The first-order chi connectivity index (χ1) is 6.43. The summed E-state index contributed by atoms with van der Waals surface area (Å²) in [7, 11) is 0. The summed E-state index contributed by atoms with van der Waals surface area (Å²) in [6, 6.07) is 0. The second-order valence-electron chi connectivity index (χ2n) is 2.81. The van der Waals surface area contributed by atoms with Gasteiger partial charge in [-0.1, -0.05) is 24.8 Å². The van der Waals surface area contributed by atoms with E-state index in [-0.39, 0.29) is 6.10 Å². The van der Waals surface area contributed by atoms with Crippen molar-refractivity contribution in [2.45, 2.75) is 19.4 Å². The third-order valence-corrected chi connectivity index (χ3v) is 1.61. The Kier molecular flexibility index (Phi) is 4.81. The minimum Gasteiger partial charge on any atom is -0.484 e. The molecule has 0 aromatic heterocycles. The van der Waals surface area contributed by atoms with Gasteiger partial charge in [0.1, 0.15) is 0 Å². The summed E-state index contributed by atoms with van der Waals surface area (Å²) in [5.41, 5.74) is 0. The van der Waals surface area contributed by atoms with Gasteiger partial charge in [0.2, 0.25) is 0 Å². The van der Waals surface area contributed by atoms with Crippen LogP contribution >= 0.6 is 0 Å². The number of ether oxygens (including phenoxy) is 1. The zero-order valence-corrected chi connectivity index (χ0v) is 7.92. The lowest BCUT2D eigenvalue weighted by Gasteiger charge is -2.11. The van der Waals surface area contributed by atoms with Crippen LogP contribution in [0.2, 0.25) is 0 Å². The largest absolute Gasteiger partial charge is 0.484 e. The van der Waals surface area contributed by atoms with Crippen LogP contribution in [0.25, 0.3) is 0 Å². The second kappa shape index (κ2) is 6.33. The minimum atomic E-state index is -0.0206. The molecule has 0 saturated heterocycles. The molecule has 0 fully saturated rings. The Balaban J connectivity index is 2.31. The fourth-order valence-electron chi connectivity index (χ4n) is 0.973. The van der Waals surface area contributed by atoms with Crippen molar-refractivity contribution in [3.05, 3.63) is 24.5 Å². The molecule has 0 amide bonds. The Morgan fingerprint density at radius 3 is 3.23 bits per heavy atom. The molecule has 0 bridgehead atoms. The quantitative estimate of drug-likeness (QED) is 0.518. The maximum atomic E-state index is 5.36. The van der Waals surface area contributed by atoms with Crippen molar-refractivity contribution in [1.82, 2.24) is 5.32 Å². The molecular formula is C11H15NO. The molecule has 1 unspecified atom stereocenters. The first-order valence-corrected chi connectivity index (χ1v) is 4.62. The van der Waals surface area contributed by atoms with Crippen LogP contribution in [0, 0.1) is 11.8 Å². The molecule has 70 valence electrons. The number of allylic oxidation sites excluding steroid dienone is 3. The summed E-state index contributed by atoms with van der Waals surface area (Å²) in [5, 5.41) is 3.27. The third-order valence-electron chi connectivity index (χ3n) is 1.61. The molecule has 0 radical (unpaired) electrons. The molecule has 1 rings (SSSR count). The van der Waals surface area contributed by atoms with Gasteiger partial charge in [0.25, 0.3) is 0 Å². The third kappa shape index (κ3) is 4.39. The van der Waals surface area contributed by atoms with Crippen LogP contribution in [-0.4, -0.2) is 19.2 Å². The SMILES string of the molecule is CCCNCC1C#C/C=C\C=C/O1. The summed E-state index contributed by atoms with van der Waals surface area (Å²) in [4.78, 5) is 0. The molecule has 0 spiro atoms. The molecule has 0 aromatic carbocycles.